The van der Waals surface area contributed by atoms with Gasteiger partial charge in [-0.2, -0.15) is 0 Å². The van der Waals surface area contributed by atoms with Crippen LogP contribution in [0.5, 0.6) is 11.5 Å². The van der Waals surface area contributed by atoms with Crippen LogP contribution in [-0.2, 0) is 4.79 Å². The Hall–Kier alpha value is -3.00. The first-order chi connectivity index (χ1) is 15.1. The Balaban J connectivity index is 1.45. The minimum atomic E-state index is -0.229. The number of amides is 1. The number of ether oxygens (including phenoxy) is 2. The first-order valence-electron chi connectivity index (χ1n) is 10.3. The first kappa shape index (κ1) is 21.2. The van der Waals surface area contributed by atoms with Crippen molar-refractivity contribution in [2.24, 2.45) is 0 Å². The molecule has 2 aromatic carbocycles. The third-order valence-corrected chi connectivity index (χ3v) is 6.16. The summed E-state index contributed by atoms with van der Waals surface area (Å²) in [5.74, 6) is 3.01. The molecule has 1 amide bonds. The van der Waals surface area contributed by atoms with Crippen molar-refractivity contribution in [1.82, 2.24) is 20.1 Å². The quantitative estimate of drug-likeness (QED) is 0.506. The maximum atomic E-state index is 12.7. The number of rotatable bonds is 9. The Morgan fingerprint density at radius 3 is 2.61 bits per heavy atom. The molecule has 3 aromatic rings. The van der Waals surface area contributed by atoms with Gasteiger partial charge < -0.3 is 14.8 Å². The number of benzene rings is 2. The maximum absolute atomic E-state index is 12.7. The Bertz CT molecular complexity index is 1050. The molecule has 1 heterocycles. The van der Waals surface area contributed by atoms with Gasteiger partial charge in [-0.3, -0.25) is 9.36 Å². The van der Waals surface area contributed by atoms with Crippen LogP contribution in [0, 0.1) is 0 Å². The lowest BCUT2D eigenvalue weighted by molar-refractivity contribution is -0.119. The number of aromatic nitrogens is 3. The molecule has 1 aliphatic carbocycles. The number of nitrogens with zero attached hydrogens (tertiary/aromatic N) is 3. The van der Waals surface area contributed by atoms with Crippen molar-refractivity contribution in [3.8, 4) is 17.2 Å². The summed E-state index contributed by atoms with van der Waals surface area (Å²) < 4.78 is 12.8. The van der Waals surface area contributed by atoms with E-state index in [1.54, 1.807) is 14.2 Å². The van der Waals surface area contributed by atoms with E-state index in [1.165, 1.54) is 11.8 Å². The van der Waals surface area contributed by atoms with Crippen molar-refractivity contribution in [2.45, 2.75) is 36.9 Å². The molecule has 1 aromatic heterocycles. The fourth-order valence-corrected chi connectivity index (χ4v) is 4.24. The summed E-state index contributed by atoms with van der Waals surface area (Å²) in [5.41, 5.74) is 1.88. The van der Waals surface area contributed by atoms with E-state index in [9.17, 15) is 4.79 Å². The van der Waals surface area contributed by atoms with Gasteiger partial charge in [0.25, 0.3) is 0 Å². The molecule has 8 heteroatoms. The smallest absolute Gasteiger partial charge is 0.230 e. The molecule has 1 unspecified atom stereocenters. The molecule has 162 valence electrons. The van der Waals surface area contributed by atoms with Crippen LogP contribution in [-0.4, -0.2) is 40.6 Å². The number of hydrogen-bond donors (Lipinski definition) is 1. The molecule has 0 radical (unpaired) electrons. The third kappa shape index (κ3) is 4.85. The number of carbonyl (C=O) groups excluding carboxylic acids is 1. The second-order valence-corrected chi connectivity index (χ2v) is 8.41. The van der Waals surface area contributed by atoms with Gasteiger partial charge in [-0.1, -0.05) is 30.0 Å². The molecule has 1 atom stereocenters. The predicted octanol–water partition coefficient (Wildman–Crippen LogP) is 4.13. The zero-order valence-electron chi connectivity index (χ0n) is 17.9. The SMILES string of the molecule is COc1ccc(OC)c(C(C)NC(=O)CSc2nnc(C3CC3)n2-c2ccccc2)c1. The van der Waals surface area contributed by atoms with Gasteiger partial charge in [0.15, 0.2) is 5.16 Å². The maximum Gasteiger partial charge on any atom is 0.230 e. The number of hydrogen-bond acceptors (Lipinski definition) is 6. The third-order valence-electron chi connectivity index (χ3n) is 5.23. The molecule has 0 saturated heterocycles. The van der Waals surface area contributed by atoms with Crippen LogP contribution in [0.3, 0.4) is 0 Å². The lowest BCUT2D eigenvalue weighted by Crippen LogP contribution is -2.28. The minimum Gasteiger partial charge on any atom is -0.497 e. The van der Waals surface area contributed by atoms with Gasteiger partial charge in [-0.15, -0.1) is 10.2 Å². The fraction of sp³-hybridized carbons (Fsp3) is 0.348. The first-order valence-corrected chi connectivity index (χ1v) is 11.2. The second-order valence-electron chi connectivity index (χ2n) is 7.47. The number of nitrogens with one attached hydrogen (secondary N) is 1. The van der Waals surface area contributed by atoms with Crippen molar-refractivity contribution >= 4 is 17.7 Å². The van der Waals surface area contributed by atoms with Crippen molar-refractivity contribution in [3.05, 3.63) is 59.9 Å². The highest BCUT2D eigenvalue weighted by atomic mass is 32.2. The Morgan fingerprint density at radius 1 is 1.16 bits per heavy atom. The van der Waals surface area contributed by atoms with Crippen molar-refractivity contribution in [1.29, 1.82) is 0 Å². The summed E-state index contributed by atoms with van der Waals surface area (Å²) in [4.78, 5) is 12.7. The van der Waals surface area contributed by atoms with Gasteiger partial charge in [0, 0.05) is 17.2 Å². The summed E-state index contributed by atoms with van der Waals surface area (Å²) in [6.45, 7) is 1.93. The van der Waals surface area contributed by atoms with E-state index >= 15 is 0 Å². The molecule has 0 spiro atoms. The van der Waals surface area contributed by atoms with Crippen LogP contribution in [0.15, 0.2) is 53.7 Å². The zero-order valence-corrected chi connectivity index (χ0v) is 18.7. The minimum absolute atomic E-state index is 0.0852. The van der Waals surface area contributed by atoms with Gasteiger partial charge in [-0.25, -0.2) is 0 Å². The van der Waals surface area contributed by atoms with Crippen molar-refractivity contribution in [3.63, 3.8) is 0 Å². The highest BCUT2D eigenvalue weighted by Crippen LogP contribution is 2.41. The topological polar surface area (TPSA) is 78.3 Å². The molecule has 0 bridgehead atoms. The van der Waals surface area contributed by atoms with E-state index in [4.69, 9.17) is 9.47 Å². The van der Waals surface area contributed by atoms with Gasteiger partial charge in [0.2, 0.25) is 5.91 Å². The molecule has 31 heavy (non-hydrogen) atoms. The molecule has 4 rings (SSSR count). The highest BCUT2D eigenvalue weighted by Gasteiger charge is 2.31. The second kappa shape index (κ2) is 9.43. The van der Waals surface area contributed by atoms with Crippen LogP contribution >= 0.6 is 11.8 Å². The van der Waals surface area contributed by atoms with Gasteiger partial charge in [0.05, 0.1) is 26.0 Å². The van der Waals surface area contributed by atoms with Crippen LogP contribution in [0.25, 0.3) is 5.69 Å². The average molecular weight is 439 g/mol. The van der Waals surface area contributed by atoms with Gasteiger partial charge >= 0.3 is 0 Å². The van der Waals surface area contributed by atoms with E-state index in [-0.39, 0.29) is 17.7 Å². The van der Waals surface area contributed by atoms with E-state index in [2.05, 4.69) is 20.1 Å². The fourth-order valence-electron chi connectivity index (χ4n) is 3.47. The monoisotopic (exact) mass is 438 g/mol. The Kier molecular flexibility index (Phi) is 6.46. The van der Waals surface area contributed by atoms with Crippen LogP contribution in [0.2, 0.25) is 0 Å². The number of para-hydroxylation sites is 1. The lowest BCUT2D eigenvalue weighted by Gasteiger charge is -2.18. The van der Waals surface area contributed by atoms with E-state index in [0.717, 1.165) is 40.8 Å². The standard InChI is InChI=1S/C23H26N4O3S/c1-15(19-13-18(29-2)11-12-20(19)30-3)24-21(28)14-31-23-26-25-22(16-9-10-16)27(23)17-7-5-4-6-8-17/h4-8,11-13,15-16H,9-10,14H2,1-3H3,(H,24,28). The summed E-state index contributed by atoms with van der Waals surface area (Å²) in [7, 11) is 3.23. The largest absolute Gasteiger partial charge is 0.497 e. The Labute approximate surface area is 186 Å². The van der Waals surface area contributed by atoms with Gasteiger partial charge in [-0.05, 0) is 50.1 Å². The highest BCUT2D eigenvalue weighted by molar-refractivity contribution is 7.99. The normalized spacial score (nSPS) is 14.2. The molecule has 1 aliphatic rings. The molecule has 1 N–H and O–H groups in total. The zero-order chi connectivity index (χ0) is 21.8. The average Bonchev–Trinajstić information content (AvgIpc) is 3.56. The van der Waals surface area contributed by atoms with E-state index < -0.39 is 0 Å². The van der Waals surface area contributed by atoms with E-state index in [1.807, 2.05) is 55.5 Å². The predicted molar refractivity (Wildman–Crippen MR) is 120 cm³/mol. The number of methoxy groups -OCH3 is 2. The number of carbonyl (C=O) groups is 1. The molecular weight excluding hydrogens is 412 g/mol. The molecular formula is C23H26N4O3S. The molecule has 0 aliphatic heterocycles. The summed E-state index contributed by atoms with van der Waals surface area (Å²) in [5, 5.41) is 12.6. The van der Waals surface area contributed by atoms with Crippen LogP contribution in [0.1, 0.15) is 43.1 Å². The van der Waals surface area contributed by atoms with Crippen molar-refractivity contribution in [2.75, 3.05) is 20.0 Å². The van der Waals surface area contributed by atoms with Crippen LogP contribution in [0.4, 0.5) is 0 Å². The number of thioether (sulfide) groups is 1. The summed E-state index contributed by atoms with van der Waals surface area (Å²) in [6, 6.07) is 15.4. The molecule has 1 saturated carbocycles. The lowest BCUT2D eigenvalue weighted by atomic mass is 10.1. The van der Waals surface area contributed by atoms with Crippen LogP contribution < -0.4 is 14.8 Å². The Morgan fingerprint density at radius 2 is 1.94 bits per heavy atom. The molecule has 1 fully saturated rings. The summed E-state index contributed by atoms with van der Waals surface area (Å²) in [6.07, 6.45) is 2.27. The molecule has 7 nitrogen and oxygen atoms in total. The summed E-state index contributed by atoms with van der Waals surface area (Å²) >= 11 is 1.39. The van der Waals surface area contributed by atoms with Crippen molar-refractivity contribution < 1.29 is 14.3 Å². The van der Waals surface area contributed by atoms with E-state index in [0.29, 0.717) is 11.7 Å². The van der Waals surface area contributed by atoms with Gasteiger partial charge in [0.1, 0.15) is 17.3 Å².